The predicted molar refractivity (Wildman–Crippen MR) is 69.6 cm³/mol. The molecule has 0 atom stereocenters. The van der Waals surface area contributed by atoms with Gasteiger partial charge in [0.1, 0.15) is 11.4 Å². The third kappa shape index (κ3) is 3.26. The van der Waals surface area contributed by atoms with Crippen LogP contribution in [0.2, 0.25) is 0 Å². The van der Waals surface area contributed by atoms with Crippen molar-refractivity contribution in [2.75, 3.05) is 5.32 Å². The molecular weight excluding hydrogens is 270 g/mol. The summed E-state index contributed by atoms with van der Waals surface area (Å²) in [6.07, 6.45) is 1.57. The highest BCUT2D eigenvalue weighted by atomic mass is 32.1. The van der Waals surface area contributed by atoms with Gasteiger partial charge in [-0.15, -0.1) is 0 Å². The number of hydrogen-bond donors (Lipinski definition) is 1. The van der Waals surface area contributed by atoms with Crippen LogP contribution < -0.4 is 10.1 Å². The summed E-state index contributed by atoms with van der Waals surface area (Å²) in [5.41, 5.74) is -0.103. The van der Waals surface area contributed by atoms with Crippen molar-refractivity contribution in [1.82, 2.24) is 4.98 Å². The van der Waals surface area contributed by atoms with Crippen molar-refractivity contribution in [2.24, 2.45) is 0 Å². The molecule has 0 bridgehead atoms. The van der Waals surface area contributed by atoms with Crippen molar-refractivity contribution < 1.29 is 14.5 Å². The molecule has 2 aromatic rings. The van der Waals surface area contributed by atoms with Crippen LogP contribution in [-0.2, 0) is 4.79 Å². The number of thiazole rings is 1. The molecule has 98 valence electrons. The minimum Gasteiger partial charge on any atom is -0.431 e. The van der Waals surface area contributed by atoms with Gasteiger partial charge in [-0.25, -0.2) is 4.98 Å². The summed E-state index contributed by atoms with van der Waals surface area (Å²) < 4.78 is 5.36. The van der Waals surface area contributed by atoms with Crippen LogP contribution in [-0.4, -0.2) is 15.8 Å². The molecule has 1 aromatic carbocycles. The van der Waals surface area contributed by atoms with Gasteiger partial charge in [0.15, 0.2) is 0 Å². The molecule has 0 aliphatic heterocycles. The van der Waals surface area contributed by atoms with Crippen molar-refractivity contribution in [3.8, 4) is 10.9 Å². The third-order valence-corrected chi connectivity index (χ3v) is 2.74. The van der Waals surface area contributed by atoms with Gasteiger partial charge >= 0.3 is 0 Å². The molecule has 8 heteroatoms. The zero-order chi connectivity index (χ0) is 13.8. The van der Waals surface area contributed by atoms with Gasteiger partial charge in [-0.05, 0) is 12.1 Å². The SMILES string of the molecule is CC(=O)Nc1ccc(Oc2nccs2)cc1[N+](=O)[O-]. The first kappa shape index (κ1) is 13.0. The largest absolute Gasteiger partial charge is 0.431 e. The Balaban J connectivity index is 2.30. The summed E-state index contributed by atoms with van der Waals surface area (Å²) in [5, 5.41) is 15.5. The van der Waals surface area contributed by atoms with E-state index in [1.807, 2.05) is 0 Å². The van der Waals surface area contributed by atoms with E-state index in [4.69, 9.17) is 4.74 Å². The normalized spacial score (nSPS) is 9.95. The van der Waals surface area contributed by atoms with E-state index in [1.54, 1.807) is 11.6 Å². The first-order chi connectivity index (χ1) is 9.06. The first-order valence-electron chi connectivity index (χ1n) is 5.19. The molecule has 0 radical (unpaired) electrons. The molecule has 1 N–H and O–H groups in total. The molecule has 1 heterocycles. The van der Waals surface area contributed by atoms with Gasteiger partial charge in [-0.1, -0.05) is 11.3 Å². The highest BCUT2D eigenvalue weighted by Crippen LogP contribution is 2.32. The zero-order valence-corrected chi connectivity index (χ0v) is 10.6. The maximum Gasteiger partial charge on any atom is 0.296 e. The fourth-order valence-electron chi connectivity index (χ4n) is 1.38. The molecule has 0 fully saturated rings. The van der Waals surface area contributed by atoms with Crippen LogP contribution in [0.25, 0.3) is 0 Å². The Kier molecular flexibility index (Phi) is 3.71. The lowest BCUT2D eigenvalue weighted by Crippen LogP contribution is -2.08. The Hall–Kier alpha value is -2.48. The van der Waals surface area contributed by atoms with Crippen molar-refractivity contribution in [3.05, 3.63) is 39.9 Å². The fourth-order valence-corrected chi connectivity index (χ4v) is 1.89. The standard InChI is InChI=1S/C11H9N3O4S/c1-7(15)13-9-3-2-8(6-10(9)14(16)17)18-11-12-4-5-19-11/h2-6H,1H3,(H,13,15). The molecular formula is C11H9N3O4S. The van der Waals surface area contributed by atoms with E-state index in [0.717, 1.165) is 0 Å². The summed E-state index contributed by atoms with van der Waals surface area (Å²) in [6.45, 7) is 1.28. The number of nitrogens with one attached hydrogen (secondary N) is 1. The number of amides is 1. The van der Waals surface area contributed by atoms with E-state index in [9.17, 15) is 14.9 Å². The summed E-state index contributed by atoms with van der Waals surface area (Å²) in [7, 11) is 0. The number of anilines is 1. The van der Waals surface area contributed by atoms with Crippen LogP contribution in [0.5, 0.6) is 10.9 Å². The zero-order valence-electron chi connectivity index (χ0n) is 9.82. The number of ether oxygens (including phenoxy) is 1. The molecule has 7 nitrogen and oxygen atoms in total. The number of nitro groups is 1. The summed E-state index contributed by atoms with van der Waals surface area (Å²) in [5.74, 6) is -0.0903. The molecule has 19 heavy (non-hydrogen) atoms. The van der Waals surface area contributed by atoms with Crippen LogP contribution in [0.15, 0.2) is 29.8 Å². The number of hydrogen-bond acceptors (Lipinski definition) is 6. The molecule has 0 saturated heterocycles. The maximum absolute atomic E-state index is 11.0. The number of carbonyl (C=O) groups excluding carboxylic acids is 1. The van der Waals surface area contributed by atoms with Crippen LogP contribution in [0, 0.1) is 10.1 Å². The van der Waals surface area contributed by atoms with E-state index < -0.39 is 4.92 Å². The first-order valence-corrected chi connectivity index (χ1v) is 6.07. The molecule has 0 unspecified atom stereocenters. The minimum absolute atomic E-state index is 0.129. The Morgan fingerprint density at radius 1 is 1.53 bits per heavy atom. The summed E-state index contributed by atoms with van der Waals surface area (Å²) in [6, 6.07) is 4.19. The van der Waals surface area contributed by atoms with E-state index in [2.05, 4.69) is 10.3 Å². The van der Waals surface area contributed by atoms with Crippen LogP contribution in [0.4, 0.5) is 11.4 Å². The van der Waals surface area contributed by atoms with Crippen LogP contribution in [0.3, 0.4) is 0 Å². The maximum atomic E-state index is 11.0. The number of aromatic nitrogens is 1. The van der Waals surface area contributed by atoms with E-state index in [1.165, 1.54) is 36.5 Å². The molecule has 0 aliphatic rings. The Bertz CT molecular complexity index is 612. The average molecular weight is 279 g/mol. The lowest BCUT2D eigenvalue weighted by Gasteiger charge is -2.06. The quantitative estimate of drug-likeness (QED) is 0.686. The van der Waals surface area contributed by atoms with E-state index >= 15 is 0 Å². The highest BCUT2D eigenvalue weighted by molar-refractivity contribution is 7.11. The molecule has 0 aliphatic carbocycles. The predicted octanol–water partition coefficient (Wildman–Crippen LogP) is 2.80. The van der Waals surface area contributed by atoms with Crippen molar-refractivity contribution in [2.45, 2.75) is 6.92 Å². The minimum atomic E-state index is -0.583. The summed E-state index contributed by atoms with van der Waals surface area (Å²) in [4.78, 5) is 25.2. The molecule has 0 saturated carbocycles. The Morgan fingerprint density at radius 3 is 2.89 bits per heavy atom. The second kappa shape index (κ2) is 5.44. The molecule has 1 aromatic heterocycles. The smallest absolute Gasteiger partial charge is 0.296 e. The van der Waals surface area contributed by atoms with Gasteiger partial charge in [0, 0.05) is 18.5 Å². The highest BCUT2D eigenvalue weighted by Gasteiger charge is 2.16. The van der Waals surface area contributed by atoms with E-state index in [-0.39, 0.29) is 23.0 Å². The number of rotatable bonds is 4. The van der Waals surface area contributed by atoms with Crippen molar-refractivity contribution >= 4 is 28.6 Å². The second-order valence-electron chi connectivity index (χ2n) is 3.52. The van der Waals surface area contributed by atoms with Gasteiger partial charge in [0.05, 0.1) is 11.0 Å². The van der Waals surface area contributed by atoms with Crippen molar-refractivity contribution in [3.63, 3.8) is 0 Å². The topological polar surface area (TPSA) is 94.4 Å². The number of nitro benzene ring substituents is 1. The van der Waals surface area contributed by atoms with Gasteiger partial charge in [0.2, 0.25) is 5.91 Å². The van der Waals surface area contributed by atoms with Gasteiger partial charge < -0.3 is 10.1 Å². The Labute approximate surface area is 112 Å². The van der Waals surface area contributed by atoms with Gasteiger partial charge in [0.25, 0.3) is 10.9 Å². The monoisotopic (exact) mass is 279 g/mol. The van der Waals surface area contributed by atoms with Crippen LogP contribution in [0.1, 0.15) is 6.92 Å². The van der Waals surface area contributed by atoms with Crippen molar-refractivity contribution in [1.29, 1.82) is 0 Å². The lowest BCUT2D eigenvalue weighted by atomic mass is 10.2. The third-order valence-electron chi connectivity index (χ3n) is 2.09. The van der Waals surface area contributed by atoms with Gasteiger partial charge in [-0.2, -0.15) is 0 Å². The second-order valence-corrected chi connectivity index (χ2v) is 4.37. The molecule has 0 spiro atoms. The number of benzene rings is 1. The average Bonchev–Trinajstić information content (AvgIpc) is 2.83. The van der Waals surface area contributed by atoms with Crippen LogP contribution >= 0.6 is 11.3 Å². The summed E-state index contributed by atoms with van der Waals surface area (Å²) >= 11 is 1.27. The van der Waals surface area contributed by atoms with Gasteiger partial charge in [-0.3, -0.25) is 14.9 Å². The number of carbonyl (C=O) groups is 1. The number of nitrogens with zero attached hydrogens (tertiary/aromatic N) is 2. The molecule has 2 rings (SSSR count). The van der Waals surface area contributed by atoms with E-state index in [0.29, 0.717) is 5.19 Å². The fraction of sp³-hybridized carbons (Fsp3) is 0.0909. The molecule has 1 amide bonds. The lowest BCUT2D eigenvalue weighted by molar-refractivity contribution is -0.384. The Morgan fingerprint density at radius 2 is 2.32 bits per heavy atom.